The quantitative estimate of drug-likeness (QED) is 0.557. The Morgan fingerprint density at radius 1 is 1.00 bits per heavy atom. The first kappa shape index (κ1) is 18.8. The molecular weight excluding hydrogens is 335 g/mol. The Balaban J connectivity index is 0.00000110. The fourth-order valence-corrected chi connectivity index (χ4v) is 4.41. The summed E-state index contributed by atoms with van der Waals surface area (Å²) in [6, 6.07) is 8.80. The van der Waals surface area contributed by atoms with E-state index in [4.69, 9.17) is 0 Å². The monoisotopic (exact) mass is 355 g/mol. The second-order valence-corrected chi connectivity index (χ2v) is 6.70. The molecule has 3 rings (SSSR count). The zero-order valence-electron chi connectivity index (χ0n) is 12.9. The van der Waals surface area contributed by atoms with Crippen molar-refractivity contribution in [2.24, 2.45) is 5.41 Å². The molecule has 21 heavy (non-hydrogen) atoms. The molecule has 111 valence electrons. The Labute approximate surface area is 152 Å². The summed E-state index contributed by atoms with van der Waals surface area (Å²) in [5, 5.41) is 0. The number of hydrogen-bond donors (Lipinski definition) is 0. The van der Waals surface area contributed by atoms with Crippen LogP contribution >= 0.6 is 24.8 Å². The summed E-state index contributed by atoms with van der Waals surface area (Å²) in [6.45, 7) is 9.26. The molecule has 2 atom stereocenters. The van der Waals surface area contributed by atoms with Gasteiger partial charge < -0.3 is 0 Å². The maximum absolute atomic E-state index is 2.41. The van der Waals surface area contributed by atoms with Crippen LogP contribution in [-0.2, 0) is 20.4 Å². The molecule has 0 radical (unpaired) electrons. The minimum absolute atomic E-state index is 0. The van der Waals surface area contributed by atoms with Gasteiger partial charge in [0, 0.05) is 0 Å². The van der Waals surface area contributed by atoms with E-state index in [1.807, 2.05) is 0 Å². The minimum atomic E-state index is 0. The van der Waals surface area contributed by atoms with Gasteiger partial charge in [-0.15, -0.1) is 24.8 Å². The predicted molar refractivity (Wildman–Crippen MR) is 91.9 cm³/mol. The molecule has 2 unspecified atom stereocenters. The van der Waals surface area contributed by atoms with Crippen LogP contribution in [0, 0.1) is 5.41 Å². The molecule has 1 aromatic carbocycles. The average molecular weight is 356 g/mol. The Morgan fingerprint density at radius 2 is 1.62 bits per heavy atom. The van der Waals surface area contributed by atoms with Crippen LogP contribution < -0.4 is 0 Å². The Hall–Kier alpha value is -0.266. The third kappa shape index (κ3) is 2.51. The van der Waals surface area contributed by atoms with E-state index >= 15 is 0 Å². The molecule has 0 bridgehead atoms. The van der Waals surface area contributed by atoms with E-state index in [-0.39, 0.29) is 30.2 Å². The largest absolute Gasteiger partial charge is 0.147 e. The maximum Gasteiger partial charge on any atom is -0.147 e. The van der Waals surface area contributed by atoms with Crippen molar-refractivity contribution in [1.82, 2.24) is 0 Å². The van der Waals surface area contributed by atoms with Crippen molar-refractivity contribution in [3.05, 3.63) is 62.1 Å². The van der Waals surface area contributed by atoms with Crippen LogP contribution in [0.2, 0.25) is 0 Å². The molecule has 0 aliphatic heterocycles. The van der Waals surface area contributed by atoms with Crippen molar-refractivity contribution in [3.8, 4) is 0 Å². The number of fused-ring (bicyclic) bond motifs is 1. The van der Waals surface area contributed by atoms with Gasteiger partial charge in [-0.2, -0.15) is 0 Å². The van der Waals surface area contributed by atoms with Gasteiger partial charge in [-0.3, -0.25) is 0 Å². The summed E-state index contributed by atoms with van der Waals surface area (Å²) in [7, 11) is 0. The molecule has 0 nitrogen and oxygen atoms in total. The summed E-state index contributed by atoms with van der Waals surface area (Å²) < 4.78 is 1.54. The molecule has 0 saturated heterocycles. The zero-order chi connectivity index (χ0) is 13.8. The van der Waals surface area contributed by atoms with Gasteiger partial charge in [0.25, 0.3) is 0 Å². The fourth-order valence-electron chi connectivity index (χ4n) is 3.58. The third-order valence-electron chi connectivity index (χ3n) is 5.22. The van der Waals surface area contributed by atoms with Crippen LogP contribution in [0.5, 0.6) is 0 Å². The Bertz CT molecular complexity index is 629. The molecule has 0 spiro atoms. The first-order chi connectivity index (χ1) is 8.98. The third-order valence-corrected chi connectivity index (χ3v) is 6.62. The number of allylic oxidation sites excluding steroid dienone is 5. The summed E-state index contributed by atoms with van der Waals surface area (Å²) in [4.78, 5) is 0. The van der Waals surface area contributed by atoms with E-state index in [0.29, 0.717) is 5.92 Å². The first-order valence-electron chi connectivity index (χ1n) is 6.86. The van der Waals surface area contributed by atoms with Crippen LogP contribution in [0.15, 0.2) is 50.9 Å². The first-order valence-corrected chi connectivity index (χ1v) is 7.64. The topological polar surface area (TPSA) is 0 Å². The van der Waals surface area contributed by atoms with E-state index in [1.54, 1.807) is 0 Å². The zero-order valence-corrected chi connectivity index (χ0v) is 16.1. The van der Waals surface area contributed by atoms with Crippen molar-refractivity contribution in [1.29, 1.82) is 0 Å². The molecule has 0 heterocycles. The molecule has 0 amide bonds. The van der Waals surface area contributed by atoms with Crippen molar-refractivity contribution in [3.63, 3.8) is 0 Å². The number of rotatable bonds is 1. The van der Waals surface area contributed by atoms with Gasteiger partial charge in [-0.05, 0) is 0 Å². The van der Waals surface area contributed by atoms with Crippen LogP contribution in [-0.4, -0.2) is 0 Å². The van der Waals surface area contributed by atoms with E-state index in [9.17, 15) is 0 Å². The maximum atomic E-state index is 2.41. The molecule has 0 fully saturated rings. The number of halogens is 2. The molecule has 2 aliphatic carbocycles. The van der Waals surface area contributed by atoms with Crippen LogP contribution in [0.1, 0.15) is 44.7 Å². The van der Waals surface area contributed by atoms with E-state index in [0.717, 1.165) is 0 Å². The summed E-state index contributed by atoms with van der Waals surface area (Å²) in [6.07, 6.45) is 4.68. The summed E-state index contributed by atoms with van der Waals surface area (Å²) in [5.74, 6) is 0.482. The molecule has 0 saturated carbocycles. The molecule has 0 N–H and O–H groups in total. The fraction of sp³-hybridized carbons (Fsp3) is 0.333. The van der Waals surface area contributed by atoms with Crippen LogP contribution in [0.25, 0.3) is 6.08 Å². The van der Waals surface area contributed by atoms with Crippen molar-refractivity contribution < 1.29 is 20.4 Å². The van der Waals surface area contributed by atoms with Gasteiger partial charge in [-0.1, -0.05) is 0 Å². The van der Waals surface area contributed by atoms with Crippen molar-refractivity contribution in [2.45, 2.75) is 33.6 Å². The van der Waals surface area contributed by atoms with Gasteiger partial charge >= 0.3 is 128 Å². The predicted octanol–water partition coefficient (Wildman–Crippen LogP) is 5.82. The summed E-state index contributed by atoms with van der Waals surface area (Å²) >= 11 is 2.31. The van der Waals surface area contributed by atoms with Crippen molar-refractivity contribution >= 4 is 30.9 Å². The van der Waals surface area contributed by atoms with Gasteiger partial charge in [0.15, 0.2) is 0 Å². The van der Waals surface area contributed by atoms with Gasteiger partial charge in [0.05, 0.1) is 0 Å². The normalized spacial score (nSPS) is 26.5. The number of hydrogen-bond acceptors (Lipinski definition) is 0. The molecule has 1 aromatic rings. The van der Waals surface area contributed by atoms with Gasteiger partial charge in [0.1, 0.15) is 0 Å². The molecule has 0 aromatic heterocycles. The SMILES string of the molecule is CC1=C(C)C(C)(C2C=Cc3ccccc32)[C]([Ti])=C1C.Cl.Cl. The average Bonchev–Trinajstić information content (AvgIpc) is 2.92. The van der Waals surface area contributed by atoms with E-state index in [2.05, 4.69) is 84.5 Å². The Morgan fingerprint density at radius 3 is 2.19 bits per heavy atom. The number of benzene rings is 1. The Kier molecular flexibility index (Phi) is 5.78. The van der Waals surface area contributed by atoms with Gasteiger partial charge in [0.2, 0.25) is 0 Å². The summed E-state index contributed by atoms with van der Waals surface area (Å²) in [5.41, 5.74) is 7.52. The van der Waals surface area contributed by atoms with Crippen molar-refractivity contribution in [2.75, 3.05) is 0 Å². The second-order valence-electron chi connectivity index (χ2n) is 5.92. The molecule has 3 heteroatoms. The molecular formula is C18H21Cl2Ti. The van der Waals surface area contributed by atoms with E-state index < -0.39 is 0 Å². The van der Waals surface area contributed by atoms with Crippen LogP contribution in [0.4, 0.5) is 0 Å². The smallest absolute Gasteiger partial charge is 0.147 e. The molecule has 2 aliphatic rings. The minimum Gasteiger partial charge on any atom is -0.147 e. The van der Waals surface area contributed by atoms with Gasteiger partial charge in [-0.25, -0.2) is 0 Å². The van der Waals surface area contributed by atoms with E-state index in [1.165, 1.54) is 31.7 Å². The van der Waals surface area contributed by atoms with Crippen LogP contribution in [0.3, 0.4) is 0 Å². The second kappa shape index (κ2) is 6.46. The standard InChI is InChI=1S/C18H19.2ClH.Ti/c1-12-11-18(4,14(3)13(12)2)17-10-9-15-7-5-6-8-16(15)17;;;/h5-10,17H,1-4H3;2*1H;.